The van der Waals surface area contributed by atoms with Gasteiger partial charge in [-0.15, -0.1) is 0 Å². The molecule has 0 aromatic heterocycles. The molecule has 4 amide bonds. The number of hydrogen-bond acceptors (Lipinski definition) is 11. The summed E-state index contributed by atoms with van der Waals surface area (Å²) in [6, 6.07) is 11.6. The average Bonchev–Trinajstić information content (AvgIpc) is 3.64. The molecule has 7 heterocycles. The molecule has 6 fully saturated rings. The number of amides is 4. The van der Waals surface area contributed by atoms with Crippen LogP contribution in [0.15, 0.2) is 48.5 Å². The summed E-state index contributed by atoms with van der Waals surface area (Å²) in [6.07, 6.45) is 5.65. The maximum atomic E-state index is 16.3. The molecule has 346 valence electrons. The minimum atomic E-state index is -0.842. The first-order chi connectivity index (χ1) is 31.5. The first-order valence-electron chi connectivity index (χ1n) is 23.5. The van der Waals surface area contributed by atoms with Crippen LogP contribution in [-0.2, 0) is 25.7 Å². The minimum Gasteiger partial charge on any atom is -0.506 e. The topological polar surface area (TPSA) is 138 Å². The number of benzene rings is 3. The summed E-state index contributed by atoms with van der Waals surface area (Å²) in [4.78, 5) is 64.0. The van der Waals surface area contributed by atoms with Crippen LogP contribution < -0.4 is 24.8 Å². The summed E-state index contributed by atoms with van der Waals surface area (Å²) in [7, 11) is 1.55. The second kappa shape index (κ2) is 17.8. The maximum absolute atomic E-state index is 16.3. The third kappa shape index (κ3) is 8.19. The van der Waals surface area contributed by atoms with Gasteiger partial charge in [-0.05, 0) is 98.7 Å². The van der Waals surface area contributed by atoms with E-state index in [4.69, 9.17) is 9.47 Å². The van der Waals surface area contributed by atoms with E-state index in [9.17, 15) is 28.7 Å². The van der Waals surface area contributed by atoms with Crippen molar-refractivity contribution >= 4 is 40.7 Å². The van der Waals surface area contributed by atoms with Gasteiger partial charge in [-0.25, -0.2) is 8.78 Å². The Morgan fingerprint density at radius 2 is 1.45 bits per heavy atom. The number of hydrogen-bond donors (Lipinski definition) is 2. The van der Waals surface area contributed by atoms with Crippen molar-refractivity contribution < 1.29 is 42.5 Å². The number of carbonyl (C=O) groups excluding carboxylic acids is 4. The molecular formula is C49H59F2N7O7. The highest BCUT2D eigenvalue weighted by atomic mass is 19.1. The zero-order valence-electron chi connectivity index (χ0n) is 37.1. The first kappa shape index (κ1) is 43.6. The van der Waals surface area contributed by atoms with Gasteiger partial charge in [0.05, 0.1) is 29.9 Å². The van der Waals surface area contributed by atoms with Crippen molar-refractivity contribution in [2.45, 2.75) is 70.0 Å². The fourth-order valence-corrected chi connectivity index (χ4v) is 11.8. The Labute approximate surface area is 378 Å². The molecule has 10 rings (SSSR count). The summed E-state index contributed by atoms with van der Waals surface area (Å²) in [5.74, 6) is -0.722. The summed E-state index contributed by atoms with van der Waals surface area (Å²) >= 11 is 0. The number of imide groups is 1. The van der Waals surface area contributed by atoms with Gasteiger partial charge in [0.15, 0.2) is 0 Å². The van der Waals surface area contributed by atoms with Crippen LogP contribution in [0.4, 0.5) is 25.8 Å². The van der Waals surface area contributed by atoms with Crippen LogP contribution in [0.2, 0.25) is 0 Å². The Morgan fingerprint density at radius 3 is 2.08 bits per heavy atom. The highest BCUT2D eigenvalue weighted by Gasteiger charge is 2.63. The molecular weight excluding hydrogens is 837 g/mol. The number of fused-ring (bicyclic) bond motifs is 1. The number of piperazine rings is 1. The van der Waals surface area contributed by atoms with Crippen LogP contribution in [0.5, 0.6) is 11.5 Å². The molecule has 7 aliphatic rings. The number of ether oxygens (including phenoxy) is 2. The van der Waals surface area contributed by atoms with Crippen LogP contribution in [0.1, 0.15) is 78.9 Å². The molecule has 3 aromatic rings. The van der Waals surface area contributed by atoms with Crippen LogP contribution in [0, 0.1) is 28.9 Å². The quantitative estimate of drug-likeness (QED) is 0.209. The highest BCUT2D eigenvalue weighted by molar-refractivity contribution is 6.08. The molecule has 65 heavy (non-hydrogen) atoms. The van der Waals surface area contributed by atoms with Gasteiger partial charge in [-0.1, -0.05) is 0 Å². The van der Waals surface area contributed by atoms with Crippen LogP contribution in [-0.4, -0.2) is 135 Å². The lowest BCUT2D eigenvalue weighted by molar-refractivity contribution is -0.149. The normalized spacial score (nSPS) is 24.7. The van der Waals surface area contributed by atoms with Crippen molar-refractivity contribution in [1.82, 2.24) is 20.0 Å². The summed E-state index contributed by atoms with van der Waals surface area (Å²) in [6.45, 7) is 10.9. The highest BCUT2D eigenvalue weighted by Crippen LogP contribution is 2.60. The van der Waals surface area contributed by atoms with Crippen LogP contribution in [0.3, 0.4) is 0 Å². The van der Waals surface area contributed by atoms with E-state index in [1.165, 1.54) is 23.1 Å². The van der Waals surface area contributed by atoms with Gasteiger partial charge < -0.3 is 39.1 Å². The molecule has 0 bridgehead atoms. The van der Waals surface area contributed by atoms with E-state index in [0.717, 1.165) is 108 Å². The lowest BCUT2D eigenvalue weighted by Gasteiger charge is -2.57. The van der Waals surface area contributed by atoms with Crippen molar-refractivity contribution in [2.24, 2.45) is 17.3 Å². The van der Waals surface area contributed by atoms with Gasteiger partial charge >= 0.3 is 0 Å². The molecule has 1 spiro atoms. The Balaban J connectivity index is 0.692. The van der Waals surface area contributed by atoms with E-state index in [0.29, 0.717) is 73.4 Å². The molecule has 2 N–H and O–H groups in total. The number of anilines is 3. The number of methoxy groups -OCH3 is 1. The first-order valence-corrected chi connectivity index (χ1v) is 23.5. The third-order valence-electron chi connectivity index (χ3n) is 15.5. The number of nitrogens with one attached hydrogen (secondary N) is 1. The fourth-order valence-electron chi connectivity index (χ4n) is 11.8. The van der Waals surface area contributed by atoms with E-state index < -0.39 is 23.3 Å². The number of nitrogens with zero attached hydrogens (tertiary/aromatic N) is 6. The molecule has 2 atom stereocenters. The molecule has 16 heteroatoms. The van der Waals surface area contributed by atoms with Gasteiger partial charge in [0, 0.05) is 121 Å². The number of phenolic OH excluding ortho intramolecular Hbond substituents is 1. The lowest BCUT2D eigenvalue weighted by Crippen LogP contribution is -2.65. The largest absolute Gasteiger partial charge is 0.506 e. The smallest absolute Gasteiger partial charge is 0.255 e. The second-order valence-electron chi connectivity index (χ2n) is 19.2. The van der Waals surface area contributed by atoms with Crippen molar-refractivity contribution in [1.29, 1.82) is 0 Å². The standard InChI is InChI=1S/C49H59F2N7O7/c1-64-43-27-41(38(51)26-37(43)45-49(12-22-65-23-13-49)48(63)58(45)39-5-2-34(50)25-42(39)59)56-16-10-32(11-17-56)29-54-20-18-53(19-21-54)28-31-8-14-55(15-9-31)35-3-4-36-33(24-35)30-57(47(36)62)40-6-7-44(60)52-46(40)61/h2-5,24-27,31-32,40,45,59H,6-23,28-30H2,1H3,(H,52,60,61)/t40?,45-/m0/s1. The zero-order chi connectivity index (χ0) is 45.0. The van der Waals surface area contributed by atoms with Gasteiger partial charge in [-0.3, -0.25) is 29.4 Å². The minimum absolute atomic E-state index is 0.140. The van der Waals surface area contributed by atoms with Gasteiger partial charge in [0.1, 0.15) is 29.2 Å². The van der Waals surface area contributed by atoms with E-state index in [1.807, 2.05) is 12.1 Å². The van der Waals surface area contributed by atoms with Crippen LogP contribution >= 0.6 is 0 Å². The Hall–Kier alpha value is -5.32. The second-order valence-corrected chi connectivity index (χ2v) is 19.2. The number of piperidine rings is 3. The monoisotopic (exact) mass is 895 g/mol. The maximum Gasteiger partial charge on any atom is 0.255 e. The number of β-lactam (4-membered cyclic amide) rings is 1. The average molecular weight is 896 g/mol. The third-order valence-corrected chi connectivity index (χ3v) is 15.5. The van der Waals surface area contributed by atoms with E-state index in [-0.39, 0.29) is 47.3 Å². The van der Waals surface area contributed by atoms with Gasteiger partial charge in [-0.2, -0.15) is 0 Å². The number of halogens is 2. The Morgan fingerprint density at radius 1 is 0.785 bits per heavy atom. The molecule has 0 radical (unpaired) electrons. The number of carbonyl (C=O) groups is 4. The molecule has 0 aliphatic carbocycles. The van der Waals surface area contributed by atoms with Crippen LogP contribution in [0.25, 0.3) is 0 Å². The van der Waals surface area contributed by atoms with E-state index >= 15 is 4.39 Å². The number of phenols is 1. The van der Waals surface area contributed by atoms with Crippen molar-refractivity contribution in [2.75, 3.05) is 100 Å². The zero-order valence-corrected chi connectivity index (χ0v) is 37.1. The van der Waals surface area contributed by atoms with Crippen molar-refractivity contribution in [3.05, 3.63) is 76.9 Å². The molecule has 1 unspecified atom stereocenters. The van der Waals surface area contributed by atoms with E-state index in [1.54, 1.807) is 18.1 Å². The van der Waals surface area contributed by atoms with Crippen molar-refractivity contribution in [3.63, 3.8) is 0 Å². The Bertz CT molecular complexity index is 2340. The summed E-state index contributed by atoms with van der Waals surface area (Å²) < 4.78 is 41.8. The predicted octanol–water partition coefficient (Wildman–Crippen LogP) is 5.08. The fraction of sp³-hybridized carbons (Fsp3) is 0.551. The molecule has 0 saturated carbocycles. The predicted molar refractivity (Wildman–Crippen MR) is 239 cm³/mol. The SMILES string of the molecule is COc1cc(N2CCC(CN3CCN(CC4CCN(c5ccc6c(c5)CN(C5CCC(=O)NC5=O)C6=O)CC4)CC3)CC2)c(F)cc1[C@@H]1N(c2ccc(F)cc2O)C(=O)C12CCOCC2. The lowest BCUT2D eigenvalue weighted by atomic mass is 9.62. The number of aromatic hydroxyl groups is 1. The van der Waals surface area contributed by atoms with Gasteiger partial charge in [0.25, 0.3) is 5.91 Å². The summed E-state index contributed by atoms with van der Waals surface area (Å²) in [5.41, 5.74) is 3.05. The Kier molecular flexibility index (Phi) is 11.9. The summed E-state index contributed by atoms with van der Waals surface area (Å²) in [5, 5.41) is 13.1. The molecule has 3 aromatic carbocycles. The number of rotatable bonds is 10. The van der Waals surface area contributed by atoms with E-state index in [2.05, 4.69) is 31.0 Å². The van der Waals surface area contributed by atoms with Gasteiger partial charge in [0.2, 0.25) is 17.7 Å². The molecule has 7 aliphatic heterocycles. The molecule has 14 nitrogen and oxygen atoms in total. The van der Waals surface area contributed by atoms with Crippen molar-refractivity contribution in [3.8, 4) is 11.5 Å². The molecule has 6 saturated heterocycles.